The molecule has 0 unspecified atom stereocenters. The molecule has 2 aliphatic heterocycles. The molecule has 1 atom stereocenters. The molecule has 2 heterocycles. The Morgan fingerprint density at radius 2 is 1.90 bits per heavy atom. The smallest absolute Gasteiger partial charge is 0.255 e. The summed E-state index contributed by atoms with van der Waals surface area (Å²) in [6.45, 7) is 4.47. The van der Waals surface area contributed by atoms with Crippen LogP contribution in [0.15, 0.2) is 42.5 Å². The lowest BCUT2D eigenvalue weighted by atomic mass is 10.1. The van der Waals surface area contributed by atoms with Crippen molar-refractivity contribution in [3.8, 4) is 0 Å². The van der Waals surface area contributed by atoms with E-state index in [2.05, 4.69) is 5.32 Å². The van der Waals surface area contributed by atoms with Crippen LogP contribution in [0, 0.1) is 13.8 Å². The summed E-state index contributed by atoms with van der Waals surface area (Å²) in [7, 11) is 0. The first-order valence-electron chi connectivity index (χ1n) is 9.56. The summed E-state index contributed by atoms with van der Waals surface area (Å²) in [6.07, 6.45) is 0. The number of nitrogens with one attached hydrogen (secondary N) is 1. The number of amides is 3. The molecule has 0 aliphatic carbocycles. The van der Waals surface area contributed by atoms with Gasteiger partial charge in [-0.3, -0.25) is 14.4 Å². The van der Waals surface area contributed by atoms with Crippen LogP contribution in [-0.4, -0.2) is 51.7 Å². The van der Waals surface area contributed by atoms with E-state index in [-0.39, 0.29) is 30.3 Å². The fourth-order valence-corrected chi connectivity index (χ4v) is 4.87. The molecule has 4 rings (SSSR count). The largest absolute Gasteiger partial charge is 0.327 e. The van der Waals surface area contributed by atoms with E-state index in [4.69, 9.17) is 0 Å². The van der Waals surface area contributed by atoms with E-state index in [0.717, 1.165) is 22.4 Å². The molecule has 0 spiro atoms. The number of thioether (sulfide) groups is 1. The molecule has 1 N–H and O–H groups in total. The van der Waals surface area contributed by atoms with Crippen molar-refractivity contribution in [1.29, 1.82) is 0 Å². The normalized spacial score (nSPS) is 18.8. The first-order valence-corrected chi connectivity index (χ1v) is 10.7. The fraction of sp³-hybridized carbons (Fsp3) is 0.318. The zero-order valence-electron chi connectivity index (χ0n) is 16.5. The third-order valence-electron chi connectivity index (χ3n) is 5.35. The molecule has 0 radical (unpaired) electrons. The lowest BCUT2D eigenvalue weighted by Gasteiger charge is -2.35. The van der Waals surface area contributed by atoms with Gasteiger partial charge in [0.1, 0.15) is 12.6 Å². The van der Waals surface area contributed by atoms with E-state index < -0.39 is 0 Å². The number of carbonyl (C=O) groups is 3. The second-order valence-corrected chi connectivity index (χ2v) is 8.54. The number of hydrogen-bond donors (Lipinski definition) is 1. The molecule has 3 amide bonds. The topological polar surface area (TPSA) is 69.7 Å². The maximum Gasteiger partial charge on any atom is 0.255 e. The van der Waals surface area contributed by atoms with Crippen molar-refractivity contribution in [2.45, 2.75) is 26.4 Å². The van der Waals surface area contributed by atoms with E-state index in [1.54, 1.807) is 33.7 Å². The zero-order valence-corrected chi connectivity index (χ0v) is 17.3. The Morgan fingerprint density at radius 3 is 2.62 bits per heavy atom. The molecule has 2 fully saturated rings. The van der Waals surface area contributed by atoms with Gasteiger partial charge in [-0.25, -0.2) is 0 Å². The molecule has 0 bridgehead atoms. The van der Waals surface area contributed by atoms with Crippen molar-refractivity contribution in [1.82, 2.24) is 9.80 Å². The standard InChI is InChI=1S/C22H23N3O3S/c1-14-3-8-18(15(2)9-14)23-21(27)17-6-4-16(5-7-17)10-24-11-20(26)25-13-29-12-19(25)22(24)28/h3-9,19H,10-13H2,1-2H3,(H,23,27)/t19-/m1/s1. The predicted molar refractivity (Wildman–Crippen MR) is 114 cm³/mol. The van der Waals surface area contributed by atoms with Gasteiger partial charge in [0.15, 0.2) is 0 Å². The number of hydrogen-bond acceptors (Lipinski definition) is 4. The monoisotopic (exact) mass is 409 g/mol. The maximum absolute atomic E-state index is 12.6. The number of rotatable bonds is 4. The molecule has 6 nitrogen and oxygen atoms in total. The van der Waals surface area contributed by atoms with Crippen LogP contribution in [0.3, 0.4) is 0 Å². The Morgan fingerprint density at radius 1 is 1.14 bits per heavy atom. The van der Waals surface area contributed by atoms with Crippen LogP contribution in [0.25, 0.3) is 0 Å². The molecule has 150 valence electrons. The number of benzene rings is 2. The summed E-state index contributed by atoms with van der Waals surface area (Å²) in [5.41, 5.74) is 4.40. The van der Waals surface area contributed by atoms with Crippen LogP contribution in [0.2, 0.25) is 0 Å². The molecule has 2 aromatic carbocycles. The summed E-state index contributed by atoms with van der Waals surface area (Å²) < 4.78 is 0. The van der Waals surface area contributed by atoms with Gasteiger partial charge >= 0.3 is 0 Å². The van der Waals surface area contributed by atoms with E-state index in [1.165, 1.54) is 0 Å². The summed E-state index contributed by atoms with van der Waals surface area (Å²) >= 11 is 1.62. The van der Waals surface area contributed by atoms with E-state index in [1.807, 2.05) is 44.2 Å². The summed E-state index contributed by atoms with van der Waals surface area (Å²) in [6, 6.07) is 12.7. The Labute approximate surface area is 174 Å². The molecule has 2 aliphatic rings. The molecule has 7 heteroatoms. The van der Waals surface area contributed by atoms with Gasteiger partial charge in [-0.1, -0.05) is 29.8 Å². The second kappa shape index (κ2) is 7.91. The molecule has 0 saturated carbocycles. The first kappa shape index (κ1) is 19.5. The SMILES string of the molecule is Cc1ccc(NC(=O)c2ccc(CN3CC(=O)N4CSC[C@@H]4C3=O)cc2)c(C)c1. The molecule has 2 aromatic rings. The summed E-state index contributed by atoms with van der Waals surface area (Å²) in [5, 5.41) is 2.94. The minimum absolute atomic E-state index is 0.00376. The summed E-state index contributed by atoms with van der Waals surface area (Å²) in [4.78, 5) is 40.7. The molecular weight excluding hydrogens is 386 g/mol. The maximum atomic E-state index is 12.6. The highest BCUT2D eigenvalue weighted by molar-refractivity contribution is 7.99. The van der Waals surface area contributed by atoms with Gasteiger partial charge in [-0.15, -0.1) is 11.8 Å². The second-order valence-electron chi connectivity index (χ2n) is 7.54. The van der Waals surface area contributed by atoms with Gasteiger partial charge in [-0.2, -0.15) is 0 Å². The van der Waals surface area contributed by atoms with Crippen molar-refractivity contribution < 1.29 is 14.4 Å². The third-order valence-corrected chi connectivity index (χ3v) is 6.36. The van der Waals surface area contributed by atoms with Crippen molar-refractivity contribution in [2.75, 3.05) is 23.5 Å². The van der Waals surface area contributed by atoms with Crippen LogP contribution in [0.4, 0.5) is 5.69 Å². The van der Waals surface area contributed by atoms with Crippen molar-refractivity contribution >= 4 is 35.2 Å². The van der Waals surface area contributed by atoms with E-state index >= 15 is 0 Å². The highest BCUT2D eigenvalue weighted by Crippen LogP contribution is 2.27. The van der Waals surface area contributed by atoms with Gasteiger partial charge in [0.05, 0.1) is 5.88 Å². The average Bonchev–Trinajstić information content (AvgIpc) is 3.19. The van der Waals surface area contributed by atoms with E-state index in [9.17, 15) is 14.4 Å². The minimum Gasteiger partial charge on any atom is -0.327 e. The van der Waals surface area contributed by atoms with Crippen LogP contribution in [0.5, 0.6) is 0 Å². The third kappa shape index (κ3) is 4.00. The fourth-order valence-electron chi connectivity index (χ4n) is 3.70. The zero-order chi connectivity index (χ0) is 20.5. The summed E-state index contributed by atoms with van der Waals surface area (Å²) in [5.74, 6) is 1.10. The lowest BCUT2D eigenvalue weighted by Crippen LogP contribution is -2.57. The van der Waals surface area contributed by atoms with Crippen LogP contribution >= 0.6 is 11.8 Å². The predicted octanol–water partition coefficient (Wildman–Crippen LogP) is 2.80. The number of anilines is 1. The minimum atomic E-state index is -0.330. The van der Waals surface area contributed by atoms with Crippen molar-refractivity contribution in [2.24, 2.45) is 0 Å². The van der Waals surface area contributed by atoms with Crippen LogP contribution in [0.1, 0.15) is 27.0 Å². The molecule has 0 aromatic heterocycles. The molecule has 29 heavy (non-hydrogen) atoms. The van der Waals surface area contributed by atoms with E-state index in [0.29, 0.717) is 23.7 Å². The Balaban J connectivity index is 1.42. The average molecular weight is 410 g/mol. The van der Waals surface area contributed by atoms with Crippen LogP contribution in [-0.2, 0) is 16.1 Å². The lowest BCUT2D eigenvalue weighted by molar-refractivity contribution is -0.153. The van der Waals surface area contributed by atoms with Crippen LogP contribution < -0.4 is 5.32 Å². The number of aryl methyl sites for hydroxylation is 2. The van der Waals surface area contributed by atoms with Crippen molar-refractivity contribution in [3.63, 3.8) is 0 Å². The number of carbonyl (C=O) groups excluding carboxylic acids is 3. The number of fused-ring (bicyclic) bond motifs is 1. The number of piperazine rings is 1. The molecule has 2 saturated heterocycles. The Kier molecular flexibility index (Phi) is 5.32. The number of nitrogens with zero attached hydrogens (tertiary/aromatic N) is 2. The van der Waals surface area contributed by atoms with Gasteiger partial charge in [-0.05, 0) is 43.2 Å². The molecular formula is C22H23N3O3S. The van der Waals surface area contributed by atoms with Gasteiger partial charge in [0.2, 0.25) is 11.8 Å². The highest BCUT2D eigenvalue weighted by Gasteiger charge is 2.42. The van der Waals surface area contributed by atoms with Gasteiger partial charge in [0, 0.05) is 23.5 Å². The quantitative estimate of drug-likeness (QED) is 0.843. The first-order chi connectivity index (χ1) is 13.9. The van der Waals surface area contributed by atoms with Crippen molar-refractivity contribution in [3.05, 3.63) is 64.7 Å². The van der Waals surface area contributed by atoms with Gasteiger partial charge in [0.25, 0.3) is 5.91 Å². The highest BCUT2D eigenvalue weighted by atomic mass is 32.2. The van der Waals surface area contributed by atoms with Gasteiger partial charge < -0.3 is 15.1 Å². The Bertz CT molecular complexity index is 974. The Hall–Kier alpha value is -2.80.